The molecule has 0 N–H and O–H groups in total. The van der Waals surface area contributed by atoms with Gasteiger partial charge in [0.05, 0.1) is 13.7 Å². The average molecular weight is 352 g/mol. The van der Waals surface area contributed by atoms with Crippen molar-refractivity contribution < 1.29 is 18.7 Å². The predicted octanol–water partition coefficient (Wildman–Crippen LogP) is 4.20. The Balaban J connectivity index is 2.82. The Hall–Kier alpha value is -1.85. The lowest BCUT2D eigenvalue weighted by molar-refractivity contribution is -0.137. The van der Waals surface area contributed by atoms with Crippen molar-refractivity contribution in [1.82, 2.24) is 9.88 Å². The third kappa shape index (κ3) is 6.88. The second-order valence-electron chi connectivity index (χ2n) is 6.33. The summed E-state index contributed by atoms with van der Waals surface area (Å²) in [5, 5.41) is 0. The summed E-state index contributed by atoms with van der Waals surface area (Å²) >= 11 is 0. The molecule has 6 heteroatoms. The zero-order valence-corrected chi connectivity index (χ0v) is 16.0. The molecule has 0 saturated heterocycles. The first-order valence-corrected chi connectivity index (χ1v) is 9.38. The van der Waals surface area contributed by atoms with Gasteiger partial charge in [-0.25, -0.2) is 9.78 Å². The summed E-state index contributed by atoms with van der Waals surface area (Å²) in [6.45, 7) is 7.31. The molecule has 1 aromatic heterocycles. The molecule has 0 bridgehead atoms. The lowest BCUT2D eigenvalue weighted by Gasteiger charge is -2.26. The van der Waals surface area contributed by atoms with E-state index in [-0.39, 0.29) is 17.5 Å². The molecular formula is C19H32N2O4. The monoisotopic (exact) mass is 352 g/mol. The van der Waals surface area contributed by atoms with Gasteiger partial charge >= 0.3 is 5.97 Å². The average Bonchev–Trinajstić information content (AvgIpc) is 3.09. The van der Waals surface area contributed by atoms with E-state index in [1.807, 2.05) is 4.90 Å². The number of nitrogens with zero attached hydrogens (tertiary/aromatic N) is 2. The fraction of sp³-hybridized carbons (Fsp3) is 0.737. The van der Waals surface area contributed by atoms with Gasteiger partial charge in [0.15, 0.2) is 5.69 Å². The summed E-state index contributed by atoms with van der Waals surface area (Å²) in [6, 6.07) is 0. The van der Waals surface area contributed by atoms with Crippen LogP contribution in [0.3, 0.4) is 0 Å². The fourth-order valence-corrected chi connectivity index (χ4v) is 2.78. The van der Waals surface area contributed by atoms with Gasteiger partial charge in [0.25, 0.3) is 0 Å². The molecule has 1 rings (SSSR count). The van der Waals surface area contributed by atoms with Crippen LogP contribution in [0.15, 0.2) is 10.7 Å². The van der Waals surface area contributed by atoms with Gasteiger partial charge in [-0.15, -0.1) is 0 Å². The zero-order valence-electron chi connectivity index (χ0n) is 16.0. The molecule has 6 nitrogen and oxygen atoms in total. The molecule has 0 saturated carbocycles. The lowest BCUT2D eigenvalue weighted by Crippen LogP contribution is -2.36. The first-order chi connectivity index (χ1) is 12.1. The van der Waals surface area contributed by atoms with Crippen molar-refractivity contribution in [2.24, 2.45) is 5.92 Å². The highest BCUT2D eigenvalue weighted by Gasteiger charge is 2.24. The number of oxazole rings is 1. The second-order valence-corrected chi connectivity index (χ2v) is 6.33. The Morgan fingerprint density at radius 3 is 2.52 bits per heavy atom. The molecule has 0 unspecified atom stereocenters. The molecule has 0 aliphatic carbocycles. The zero-order chi connectivity index (χ0) is 18.7. The molecule has 0 aliphatic rings. The molecule has 0 fully saturated rings. The van der Waals surface area contributed by atoms with Crippen molar-refractivity contribution in [2.45, 2.75) is 72.3 Å². The fourth-order valence-electron chi connectivity index (χ4n) is 2.78. The van der Waals surface area contributed by atoms with Gasteiger partial charge in [-0.1, -0.05) is 46.5 Å². The maximum Gasteiger partial charge on any atom is 0.360 e. The first-order valence-electron chi connectivity index (χ1n) is 9.38. The van der Waals surface area contributed by atoms with E-state index in [0.717, 1.165) is 44.9 Å². The molecule has 0 spiro atoms. The molecule has 25 heavy (non-hydrogen) atoms. The van der Waals surface area contributed by atoms with Gasteiger partial charge in [0.2, 0.25) is 11.8 Å². The minimum absolute atomic E-state index is 0.0385. The van der Waals surface area contributed by atoms with Crippen molar-refractivity contribution in [3.8, 4) is 0 Å². The normalized spacial score (nSPS) is 12.0. The SMILES string of the molecule is CCCCCN(Cc1nc(C(=O)OC)co1)C(=O)[C@H](CC)CCCC. The van der Waals surface area contributed by atoms with E-state index in [2.05, 4.69) is 30.5 Å². The van der Waals surface area contributed by atoms with E-state index in [0.29, 0.717) is 19.0 Å². The van der Waals surface area contributed by atoms with Crippen LogP contribution in [-0.4, -0.2) is 35.4 Å². The van der Waals surface area contributed by atoms with Gasteiger partial charge in [-0.3, -0.25) is 4.79 Å². The van der Waals surface area contributed by atoms with Crippen LogP contribution in [-0.2, 0) is 16.1 Å². The summed E-state index contributed by atoms with van der Waals surface area (Å²) in [4.78, 5) is 30.4. The van der Waals surface area contributed by atoms with Gasteiger partial charge in [-0.2, -0.15) is 0 Å². The van der Waals surface area contributed by atoms with Crippen LogP contribution >= 0.6 is 0 Å². The predicted molar refractivity (Wildman–Crippen MR) is 96.1 cm³/mol. The molecule has 0 aromatic carbocycles. The topological polar surface area (TPSA) is 72.6 Å². The lowest BCUT2D eigenvalue weighted by atomic mass is 9.97. The van der Waals surface area contributed by atoms with Crippen LogP contribution in [0.2, 0.25) is 0 Å². The minimum Gasteiger partial charge on any atom is -0.464 e. The summed E-state index contributed by atoms with van der Waals surface area (Å²) in [5.74, 6) is 0.0327. The smallest absolute Gasteiger partial charge is 0.360 e. The summed E-state index contributed by atoms with van der Waals surface area (Å²) in [6.07, 6.45) is 8.30. The Kier molecular flexibility index (Phi) is 9.88. The number of hydrogen-bond donors (Lipinski definition) is 0. The Morgan fingerprint density at radius 1 is 1.20 bits per heavy atom. The van der Waals surface area contributed by atoms with Gasteiger partial charge in [-0.05, 0) is 19.3 Å². The highest BCUT2D eigenvalue weighted by molar-refractivity contribution is 5.86. The molecule has 0 radical (unpaired) electrons. The number of esters is 1. The van der Waals surface area contributed by atoms with E-state index in [9.17, 15) is 9.59 Å². The molecule has 1 aromatic rings. The third-order valence-electron chi connectivity index (χ3n) is 4.36. The van der Waals surface area contributed by atoms with Crippen molar-refractivity contribution in [2.75, 3.05) is 13.7 Å². The quantitative estimate of drug-likeness (QED) is 0.416. The highest BCUT2D eigenvalue weighted by atomic mass is 16.5. The molecule has 1 amide bonds. The number of methoxy groups -OCH3 is 1. The van der Waals surface area contributed by atoms with Crippen molar-refractivity contribution in [1.29, 1.82) is 0 Å². The molecule has 0 aliphatic heterocycles. The van der Waals surface area contributed by atoms with Crippen molar-refractivity contribution in [3.05, 3.63) is 17.8 Å². The van der Waals surface area contributed by atoms with Crippen LogP contribution in [0.5, 0.6) is 0 Å². The molecule has 1 heterocycles. The van der Waals surface area contributed by atoms with Gasteiger partial charge < -0.3 is 14.1 Å². The Morgan fingerprint density at radius 2 is 1.92 bits per heavy atom. The number of unbranched alkanes of at least 4 members (excludes halogenated alkanes) is 3. The van der Waals surface area contributed by atoms with Crippen LogP contribution in [0.4, 0.5) is 0 Å². The number of amides is 1. The van der Waals surface area contributed by atoms with Gasteiger partial charge in [0, 0.05) is 12.5 Å². The van der Waals surface area contributed by atoms with E-state index in [1.54, 1.807) is 0 Å². The number of ether oxygens (including phenoxy) is 1. The summed E-state index contributed by atoms with van der Waals surface area (Å²) in [7, 11) is 1.30. The summed E-state index contributed by atoms with van der Waals surface area (Å²) in [5.41, 5.74) is 0.136. The molecule has 142 valence electrons. The van der Waals surface area contributed by atoms with E-state index in [1.165, 1.54) is 13.4 Å². The third-order valence-corrected chi connectivity index (χ3v) is 4.36. The molecular weight excluding hydrogens is 320 g/mol. The van der Waals surface area contributed by atoms with Crippen LogP contribution in [0.1, 0.15) is 82.1 Å². The second kappa shape index (κ2) is 11.7. The number of rotatable bonds is 12. The summed E-state index contributed by atoms with van der Waals surface area (Å²) < 4.78 is 10.0. The minimum atomic E-state index is -0.534. The largest absolute Gasteiger partial charge is 0.464 e. The Bertz CT molecular complexity index is 527. The van der Waals surface area contributed by atoms with E-state index < -0.39 is 5.97 Å². The molecule has 1 atom stereocenters. The number of aromatic nitrogens is 1. The van der Waals surface area contributed by atoms with Crippen LogP contribution in [0.25, 0.3) is 0 Å². The van der Waals surface area contributed by atoms with Crippen LogP contribution in [0, 0.1) is 5.92 Å². The number of carbonyl (C=O) groups excluding carboxylic acids is 2. The van der Waals surface area contributed by atoms with Crippen LogP contribution < -0.4 is 0 Å². The van der Waals surface area contributed by atoms with Gasteiger partial charge in [0.1, 0.15) is 6.26 Å². The standard InChI is InChI=1S/C19H32N2O4/c1-5-8-10-12-21(18(22)15(7-3)11-9-6-2)13-17-20-16(14-25-17)19(23)24-4/h14-15H,5-13H2,1-4H3/t15-/m1/s1. The van der Waals surface area contributed by atoms with Crippen molar-refractivity contribution >= 4 is 11.9 Å². The maximum absolute atomic E-state index is 12.9. The highest BCUT2D eigenvalue weighted by Crippen LogP contribution is 2.18. The number of hydrogen-bond acceptors (Lipinski definition) is 5. The maximum atomic E-state index is 12.9. The first kappa shape index (κ1) is 21.2. The Labute approximate surface area is 150 Å². The van der Waals surface area contributed by atoms with E-state index >= 15 is 0 Å². The number of carbonyl (C=O) groups is 2. The van der Waals surface area contributed by atoms with E-state index in [4.69, 9.17) is 4.42 Å². The van der Waals surface area contributed by atoms with Crippen molar-refractivity contribution in [3.63, 3.8) is 0 Å².